The van der Waals surface area contributed by atoms with Crippen molar-refractivity contribution in [3.8, 4) is 10.7 Å². The SMILES string of the molecule is CC.CNc1cc(C(=O)NCc2ccccc2)cc2nc(-c3ccc(C)s3)nn12. The predicted molar refractivity (Wildman–Crippen MR) is 120 cm³/mol. The van der Waals surface area contributed by atoms with Gasteiger partial charge in [-0.3, -0.25) is 4.79 Å². The van der Waals surface area contributed by atoms with Crippen molar-refractivity contribution in [3.05, 3.63) is 70.6 Å². The van der Waals surface area contributed by atoms with E-state index in [-0.39, 0.29) is 5.91 Å². The molecule has 0 bridgehead atoms. The van der Waals surface area contributed by atoms with Crippen molar-refractivity contribution in [2.75, 3.05) is 12.4 Å². The second-order valence-electron chi connectivity index (χ2n) is 6.16. The highest BCUT2D eigenvalue weighted by atomic mass is 32.1. The molecule has 4 rings (SSSR count). The Morgan fingerprint density at radius 1 is 1.10 bits per heavy atom. The molecule has 0 saturated carbocycles. The Balaban J connectivity index is 0.00000117. The van der Waals surface area contributed by atoms with Gasteiger partial charge in [0.2, 0.25) is 0 Å². The van der Waals surface area contributed by atoms with Crippen LogP contribution in [0.25, 0.3) is 16.3 Å². The first-order valence-corrected chi connectivity index (χ1v) is 10.4. The summed E-state index contributed by atoms with van der Waals surface area (Å²) in [7, 11) is 1.80. The first-order valence-electron chi connectivity index (χ1n) is 9.61. The highest BCUT2D eigenvalue weighted by Crippen LogP contribution is 2.26. The molecule has 7 heteroatoms. The summed E-state index contributed by atoms with van der Waals surface area (Å²) in [6.07, 6.45) is 0. The van der Waals surface area contributed by atoms with Crippen molar-refractivity contribution < 1.29 is 4.79 Å². The zero-order chi connectivity index (χ0) is 20.8. The molecule has 0 atom stereocenters. The van der Waals surface area contributed by atoms with Crippen molar-refractivity contribution in [1.82, 2.24) is 19.9 Å². The van der Waals surface area contributed by atoms with Gasteiger partial charge < -0.3 is 10.6 Å². The maximum absolute atomic E-state index is 12.6. The minimum atomic E-state index is -0.144. The Labute approximate surface area is 174 Å². The van der Waals surface area contributed by atoms with E-state index >= 15 is 0 Å². The number of aromatic nitrogens is 3. The molecule has 0 aliphatic rings. The summed E-state index contributed by atoms with van der Waals surface area (Å²) in [6, 6.07) is 17.4. The third-order valence-corrected chi connectivity index (χ3v) is 5.21. The van der Waals surface area contributed by atoms with Crippen molar-refractivity contribution >= 4 is 28.7 Å². The van der Waals surface area contributed by atoms with E-state index in [1.54, 1.807) is 35.0 Å². The minimum absolute atomic E-state index is 0.144. The topological polar surface area (TPSA) is 71.3 Å². The van der Waals surface area contributed by atoms with E-state index in [2.05, 4.69) is 27.6 Å². The molecule has 2 N–H and O–H groups in total. The van der Waals surface area contributed by atoms with E-state index < -0.39 is 0 Å². The number of aryl methyl sites for hydroxylation is 1. The van der Waals surface area contributed by atoms with Crippen LogP contribution in [0.15, 0.2) is 54.6 Å². The summed E-state index contributed by atoms with van der Waals surface area (Å²) in [6.45, 7) is 6.53. The van der Waals surface area contributed by atoms with Gasteiger partial charge in [-0.25, -0.2) is 4.98 Å². The van der Waals surface area contributed by atoms with Gasteiger partial charge in [-0.1, -0.05) is 44.2 Å². The zero-order valence-electron chi connectivity index (χ0n) is 17.1. The quantitative estimate of drug-likeness (QED) is 0.500. The summed E-state index contributed by atoms with van der Waals surface area (Å²) in [5.74, 6) is 1.23. The molecule has 1 aromatic carbocycles. The normalized spacial score (nSPS) is 10.3. The number of nitrogens with one attached hydrogen (secondary N) is 2. The van der Waals surface area contributed by atoms with Crippen molar-refractivity contribution in [1.29, 1.82) is 0 Å². The molecule has 0 radical (unpaired) electrons. The molecule has 3 heterocycles. The van der Waals surface area contributed by atoms with Crippen LogP contribution >= 0.6 is 11.3 Å². The van der Waals surface area contributed by atoms with Crippen LogP contribution in [0, 0.1) is 6.92 Å². The van der Waals surface area contributed by atoms with Gasteiger partial charge in [0, 0.05) is 24.0 Å². The van der Waals surface area contributed by atoms with Crippen LogP contribution in [0.1, 0.15) is 34.6 Å². The molecule has 0 aliphatic carbocycles. The first-order chi connectivity index (χ1) is 14.1. The van der Waals surface area contributed by atoms with Crippen molar-refractivity contribution in [2.45, 2.75) is 27.3 Å². The number of benzene rings is 1. The molecule has 150 valence electrons. The van der Waals surface area contributed by atoms with Crippen LogP contribution in [-0.2, 0) is 6.54 Å². The fourth-order valence-corrected chi connectivity index (χ4v) is 3.63. The van der Waals surface area contributed by atoms with Crippen LogP contribution in [-0.4, -0.2) is 27.6 Å². The monoisotopic (exact) mass is 407 g/mol. The van der Waals surface area contributed by atoms with Gasteiger partial charge in [-0.15, -0.1) is 16.4 Å². The highest BCUT2D eigenvalue weighted by molar-refractivity contribution is 7.15. The summed E-state index contributed by atoms with van der Waals surface area (Å²) in [5.41, 5.74) is 2.23. The average Bonchev–Trinajstić information content (AvgIpc) is 3.39. The second kappa shape index (κ2) is 9.34. The van der Waals surface area contributed by atoms with E-state index in [4.69, 9.17) is 0 Å². The zero-order valence-corrected chi connectivity index (χ0v) is 17.9. The Kier molecular flexibility index (Phi) is 6.61. The third kappa shape index (κ3) is 4.63. The number of carbonyl (C=O) groups is 1. The van der Waals surface area contributed by atoms with Gasteiger partial charge in [-0.2, -0.15) is 4.52 Å². The molecule has 6 nitrogen and oxygen atoms in total. The van der Waals surface area contributed by atoms with Crippen LogP contribution in [0.2, 0.25) is 0 Å². The number of amides is 1. The van der Waals surface area contributed by atoms with Gasteiger partial charge in [-0.05, 0) is 36.8 Å². The van der Waals surface area contributed by atoms with Crippen molar-refractivity contribution in [2.24, 2.45) is 0 Å². The number of anilines is 1. The van der Waals surface area contributed by atoms with Gasteiger partial charge >= 0.3 is 0 Å². The summed E-state index contributed by atoms with van der Waals surface area (Å²) in [5, 5.41) is 10.6. The van der Waals surface area contributed by atoms with Gasteiger partial charge in [0.15, 0.2) is 11.5 Å². The van der Waals surface area contributed by atoms with Crippen LogP contribution in [0.4, 0.5) is 5.82 Å². The van der Waals surface area contributed by atoms with Gasteiger partial charge in [0.1, 0.15) is 5.82 Å². The average molecular weight is 408 g/mol. The van der Waals surface area contributed by atoms with E-state index in [9.17, 15) is 4.79 Å². The molecule has 0 spiro atoms. The minimum Gasteiger partial charge on any atom is -0.373 e. The van der Waals surface area contributed by atoms with Crippen LogP contribution in [0.5, 0.6) is 0 Å². The number of thiophene rings is 1. The maximum atomic E-state index is 12.6. The molecule has 0 saturated heterocycles. The Morgan fingerprint density at radius 2 is 1.86 bits per heavy atom. The second-order valence-corrected chi connectivity index (χ2v) is 7.45. The smallest absolute Gasteiger partial charge is 0.251 e. The van der Waals surface area contributed by atoms with Crippen LogP contribution in [0.3, 0.4) is 0 Å². The largest absolute Gasteiger partial charge is 0.373 e. The number of pyridine rings is 1. The Bertz CT molecular complexity index is 1100. The molecule has 0 unspecified atom stereocenters. The number of hydrogen-bond acceptors (Lipinski definition) is 5. The fraction of sp³-hybridized carbons (Fsp3) is 0.227. The van der Waals surface area contributed by atoms with E-state index in [1.165, 1.54) is 4.88 Å². The van der Waals surface area contributed by atoms with Crippen LogP contribution < -0.4 is 10.6 Å². The van der Waals surface area contributed by atoms with Crippen molar-refractivity contribution in [3.63, 3.8) is 0 Å². The summed E-state index contributed by atoms with van der Waals surface area (Å²) < 4.78 is 1.72. The number of carbonyl (C=O) groups excluding carboxylic acids is 1. The Morgan fingerprint density at radius 3 is 2.52 bits per heavy atom. The fourth-order valence-electron chi connectivity index (χ4n) is 2.83. The van der Waals surface area contributed by atoms with E-state index in [0.29, 0.717) is 29.4 Å². The molecule has 1 amide bonds. The number of rotatable bonds is 5. The summed E-state index contributed by atoms with van der Waals surface area (Å²) in [4.78, 5) is 19.4. The molecule has 29 heavy (non-hydrogen) atoms. The molecular formula is C22H25N5OS. The maximum Gasteiger partial charge on any atom is 0.251 e. The molecular weight excluding hydrogens is 382 g/mol. The first kappa shape index (κ1) is 20.5. The number of hydrogen-bond donors (Lipinski definition) is 2. The molecule has 3 aromatic heterocycles. The number of fused-ring (bicyclic) bond motifs is 1. The standard InChI is InChI=1S/C20H19N5OS.C2H6/c1-13-8-9-16(27-13)19-23-18-11-15(10-17(21-2)25(18)24-19)20(26)22-12-14-6-4-3-5-7-14;1-2/h3-11,21H,12H2,1-2H3,(H,22,26);1-2H3. The lowest BCUT2D eigenvalue weighted by Gasteiger charge is -2.08. The predicted octanol–water partition coefficient (Wildman–Crippen LogP) is 4.76. The highest BCUT2D eigenvalue weighted by Gasteiger charge is 2.15. The lowest BCUT2D eigenvalue weighted by atomic mass is 10.2. The Hall–Kier alpha value is -3.19. The third-order valence-electron chi connectivity index (χ3n) is 4.21. The van der Waals surface area contributed by atoms with Gasteiger partial charge in [0.05, 0.1) is 4.88 Å². The molecule has 0 fully saturated rings. The lowest BCUT2D eigenvalue weighted by molar-refractivity contribution is 0.0951. The van der Waals surface area contributed by atoms with Gasteiger partial charge in [0.25, 0.3) is 5.91 Å². The molecule has 4 aromatic rings. The molecule has 0 aliphatic heterocycles. The summed E-state index contributed by atoms with van der Waals surface area (Å²) >= 11 is 1.65. The van der Waals surface area contributed by atoms with E-state index in [0.717, 1.165) is 10.4 Å². The number of nitrogens with zero attached hydrogens (tertiary/aromatic N) is 3. The van der Waals surface area contributed by atoms with E-state index in [1.807, 2.05) is 56.3 Å². The lowest BCUT2D eigenvalue weighted by Crippen LogP contribution is -2.23.